The third-order valence-corrected chi connectivity index (χ3v) is 5.13. The minimum Gasteiger partial charge on any atom is -0.358 e. The maximum atomic E-state index is 5.77. The van der Waals surface area contributed by atoms with Crippen LogP contribution in [0.15, 0.2) is 60.8 Å². The van der Waals surface area contributed by atoms with Crippen molar-refractivity contribution in [1.82, 2.24) is 0 Å². The van der Waals surface area contributed by atoms with E-state index in [2.05, 4.69) is 102 Å². The first-order chi connectivity index (χ1) is 12.6. The highest BCUT2D eigenvalue weighted by Gasteiger charge is 2.03. The SMILES string of the molecule is CCCCC(/C=C/C=C/C/C=C\C/C=C\C=C\C(CC)OP(P)P)OP. The lowest BCUT2D eigenvalue weighted by atomic mass is 10.1. The number of hydrogen-bond acceptors (Lipinski definition) is 2. The van der Waals surface area contributed by atoms with Crippen molar-refractivity contribution in [1.29, 1.82) is 0 Å². The maximum Gasteiger partial charge on any atom is 0.0807 e. The Morgan fingerprint density at radius 1 is 0.846 bits per heavy atom. The first kappa shape index (κ1) is 26.3. The Kier molecular flexibility index (Phi) is 20.3. The van der Waals surface area contributed by atoms with E-state index in [9.17, 15) is 0 Å². The summed E-state index contributed by atoms with van der Waals surface area (Å²) in [6, 6.07) is 0. The van der Waals surface area contributed by atoms with Gasteiger partial charge in [-0.1, -0.05) is 105 Å². The molecule has 6 heteroatoms. The van der Waals surface area contributed by atoms with E-state index in [4.69, 9.17) is 9.05 Å². The van der Waals surface area contributed by atoms with Gasteiger partial charge in [0.2, 0.25) is 0 Å². The van der Waals surface area contributed by atoms with Crippen molar-refractivity contribution in [2.45, 2.75) is 64.6 Å². The molecule has 0 heterocycles. The fraction of sp³-hybridized carbons (Fsp3) is 0.500. The monoisotopic (exact) mass is 432 g/mol. The highest BCUT2D eigenvalue weighted by Crippen LogP contribution is 2.54. The van der Waals surface area contributed by atoms with Crippen molar-refractivity contribution in [3.63, 3.8) is 0 Å². The highest BCUT2D eigenvalue weighted by atomic mass is 32.4. The zero-order valence-electron chi connectivity index (χ0n) is 16.2. The largest absolute Gasteiger partial charge is 0.358 e. The van der Waals surface area contributed by atoms with Crippen molar-refractivity contribution in [2.24, 2.45) is 0 Å². The molecule has 0 amide bonds. The second kappa shape index (κ2) is 20.1. The van der Waals surface area contributed by atoms with Crippen LogP contribution >= 0.6 is 34.8 Å². The van der Waals surface area contributed by atoms with Gasteiger partial charge >= 0.3 is 0 Å². The molecule has 0 N–H and O–H groups in total. The Balaban J connectivity index is 3.92. The van der Waals surface area contributed by atoms with Crippen LogP contribution < -0.4 is 0 Å². The fourth-order valence-electron chi connectivity index (χ4n) is 2.06. The van der Waals surface area contributed by atoms with Gasteiger partial charge in [0.25, 0.3) is 0 Å². The minimum absolute atomic E-state index is 0.202. The molecule has 0 aromatic carbocycles. The first-order valence-corrected chi connectivity index (χ1v) is 14.2. The van der Waals surface area contributed by atoms with Crippen LogP contribution in [0.5, 0.6) is 0 Å². The molecule has 26 heavy (non-hydrogen) atoms. The highest BCUT2D eigenvalue weighted by molar-refractivity contribution is 8.41. The van der Waals surface area contributed by atoms with Crippen LogP contribution in [0.4, 0.5) is 0 Å². The lowest BCUT2D eigenvalue weighted by Crippen LogP contribution is -2.02. The molecule has 0 bridgehead atoms. The lowest BCUT2D eigenvalue weighted by molar-refractivity contribution is 0.276. The lowest BCUT2D eigenvalue weighted by Gasteiger charge is -2.13. The van der Waals surface area contributed by atoms with E-state index in [1.165, 1.54) is 12.8 Å². The van der Waals surface area contributed by atoms with Crippen LogP contribution in [-0.4, -0.2) is 12.2 Å². The normalized spacial score (nSPS) is 15.6. The molecule has 148 valence electrons. The number of rotatable bonds is 15. The van der Waals surface area contributed by atoms with Gasteiger partial charge in [0.05, 0.1) is 19.7 Å². The summed E-state index contributed by atoms with van der Waals surface area (Å²) in [5, 5.41) is 0. The molecule has 0 rings (SSSR count). The summed E-state index contributed by atoms with van der Waals surface area (Å²) in [6.45, 7) is 4.33. The summed E-state index contributed by atoms with van der Waals surface area (Å²) in [4.78, 5) is 0. The molecule has 0 aliphatic rings. The molecular formula is C20H36O2P4. The standard InChI is InChI=1S/C20H36O2P4/c1-3-5-16-20(21-23)18-15-13-11-9-7-6-8-10-12-14-17-19(4-2)22-26(24)25/h6-7,10-15,17-20H,3-5,8-9,16,23-25H2,1-2H3/b7-6-,12-10-,13-11+,17-14+,18-15+. The zero-order valence-corrected chi connectivity index (χ0v) is 20.5. The second-order valence-corrected chi connectivity index (χ2v) is 11.8. The van der Waals surface area contributed by atoms with E-state index >= 15 is 0 Å². The van der Waals surface area contributed by atoms with Gasteiger partial charge < -0.3 is 9.05 Å². The molecule has 0 saturated heterocycles. The Morgan fingerprint density at radius 3 is 1.88 bits per heavy atom. The van der Waals surface area contributed by atoms with Crippen molar-refractivity contribution in [3.05, 3.63) is 60.8 Å². The molecule has 2 nitrogen and oxygen atoms in total. The van der Waals surface area contributed by atoms with Gasteiger partial charge in [-0.05, 0) is 25.7 Å². The molecular weight excluding hydrogens is 396 g/mol. The topological polar surface area (TPSA) is 18.5 Å². The van der Waals surface area contributed by atoms with Gasteiger partial charge in [0, 0.05) is 9.47 Å². The summed E-state index contributed by atoms with van der Waals surface area (Å²) >= 11 is 0. The summed E-state index contributed by atoms with van der Waals surface area (Å²) in [7, 11) is 7.28. The Morgan fingerprint density at radius 2 is 1.42 bits per heavy atom. The summed E-state index contributed by atoms with van der Waals surface area (Å²) in [6.07, 6.45) is 28.0. The Hall–Kier alpha value is 0.340. The summed E-state index contributed by atoms with van der Waals surface area (Å²) in [5.74, 6) is 0. The zero-order chi connectivity index (χ0) is 19.5. The second-order valence-electron chi connectivity index (χ2n) is 5.80. The fourth-order valence-corrected chi connectivity index (χ4v) is 3.75. The van der Waals surface area contributed by atoms with Crippen LogP contribution in [0.2, 0.25) is 0 Å². The molecule has 0 fully saturated rings. The molecule has 5 unspecified atom stereocenters. The molecule has 0 aromatic heterocycles. The van der Waals surface area contributed by atoms with Crippen LogP contribution in [-0.2, 0) is 9.05 Å². The van der Waals surface area contributed by atoms with Gasteiger partial charge in [-0.3, -0.25) is 0 Å². The average Bonchev–Trinajstić information content (AvgIpc) is 2.63. The van der Waals surface area contributed by atoms with E-state index < -0.39 is 7.53 Å². The van der Waals surface area contributed by atoms with Crippen LogP contribution in [0.3, 0.4) is 0 Å². The van der Waals surface area contributed by atoms with Crippen LogP contribution in [0.25, 0.3) is 0 Å². The van der Waals surface area contributed by atoms with Crippen LogP contribution in [0.1, 0.15) is 52.4 Å². The van der Waals surface area contributed by atoms with Crippen molar-refractivity contribution < 1.29 is 9.05 Å². The number of unbranched alkanes of at least 4 members (excludes halogenated alkanes) is 1. The quantitative estimate of drug-likeness (QED) is 0.150. The van der Waals surface area contributed by atoms with E-state index in [0.717, 1.165) is 25.7 Å². The van der Waals surface area contributed by atoms with Crippen molar-refractivity contribution in [3.8, 4) is 0 Å². The molecule has 0 radical (unpaired) electrons. The predicted molar refractivity (Wildman–Crippen MR) is 131 cm³/mol. The van der Waals surface area contributed by atoms with Gasteiger partial charge in [0.15, 0.2) is 0 Å². The smallest absolute Gasteiger partial charge is 0.0807 e. The summed E-state index contributed by atoms with van der Waals surface area (Å²) < 4.78 is 11.1. The molecule has 0 spiro atoms. The number of allylic oxidation sites excluding steroid dienone is 8. The van der Waals surface area contributed by atoms with E-state index in [1.54, 1.807) is 0 Å². The van der Waals surface area contributed by atoms with E-state index in [1.807, 2.05) is 0 Å². The van der Waals surface area contributed by atoms with Crippen molar-refractivity contribution >= 4 is 34.8 Å². The number of hydrogen-bond donors (Lipinski definition) is 0. The van der Waals surface area contributed by atoms with Gasteiger partial charge in [-0.25, -0.2) is 0 Å². The van der Waals surface area contributed by atoms with Crippen molar-refractivity contribution in [2.75, 3.05) is 0 Å². The molecule has 0 aromatic rings. The van der Waals surface area contributed by atoms with Gasteiger partial charge in [-0.2, -0.15) is 0 Å². The van der Waals surface area contributed by atoms with E-state index in [-0.39, 0.29) is 12.2 Å². The molecule has 5 atom stereocenters. The molecule has 0 saturated carbocycles. The Labute approximate surface area is 169 Å². The third-order valence-electron chi connectivity index (χ3n) is 3.53. The molecule has 0 aliphatic carbocycles. The maximum absolute atomic E-state index is 5.77. The third kappa shape index (κ3) is 17.7. The van der Waals surface area contributed by atoms with Crippen LogP contribution in [0, 0.1) is 0 Å². The van der Waals surface area contributed by atoms with Gasteiger partial charge in [-0.15, -0.1) is 0 Å². The summed E-state index contributed by atoms with van der Waals surface area (Å²) in [5.41, 5.74) is 0. The van der Waals surface area contributed by atoms with E-state index in [0.29, 0.717) is 0 Å². The Bertz CT molecular complexity index is 457. The molecule has 0 aliphatic heterocycles. The predicted octanol–water partition coefficient (Wildman–Crippen LogP) is 7.69. The van der Waals surface area contributed by atoms with Gasteiger partial charge in [0.1, 0.15) is 0 Å². The first-order valence-electron chi connectivity index (χ1n) is 9.27. The minimum atomic E-state index is -0.465. The average molecular weight is 432 g/mol.